The Hall–Kier alpha value is -1.85. The second-order valence-electron chi connectivity index (χ2n) is 4.42. The Balaban J connectivity index is 2.26. The highest BCUT2D eigenvalue weighted by atomic mass is 35.5. The maximum atomic E-state index is 13.8. The van der Waals surface area contributed by atoms with Crippen LogP contribution in [0, 0.1) is 5.82 Å². The summed E-state index contributed by atoms with van der Waals surface area (Å²) in [6.07, 6.45) is 1.59. The number of carbonyl (C=O) groups excluding carboxylic acids is 1. The minimum atomic E-state index is -0.590. The van der Waals surface area contributed by atoms with Gasteiger partial charge in [0.15, 0.2) is 0 Å². The number of amides is 1. The Morgan fingerprint density at radius 3 is 2.81 bits per heavy atom. The monoisotopic (exact) mass is 324 g/mol. The number of nitrogens with zero attached hydrogens (tertiary/aromatic N) is 1. The average molecular weight is 325 g/mol. The minimum absolute atomic E-state index is 0.0421. The molecule has 21 heavy (non-hydrogen) atoms. The van der Waals surface area contributed by atoms with Crippen LogP contribution >= 0.6 is 22.9 Å². The molecule has 0 aliphatic heterocycles. The Morgan fingerprint density at radius 2 is 2.19 bits per heavy atom. The smallest absolute Gasteiger partial charge is 0.257 e. The van der Waals surface area contributed by atoms with E-state index >= 15 is 0 Å². The summed E-state index contributed by atoms with van der Waals surface area (Å²) in [5.74, 6) is -1.02. The van der Waals surface area contributed by atoms with E-state index in [1.54, 1.807) is 12.1 Å². The highest BCUT2D eigenvalue weighted by molar-refractivity contribution is 7.16. The maximum absolute atomic E-state index is 13.8. The molecule has 0 atom stereocenters. The molecule has 1 amide bonds. The predicted molar refractivity (Wildman–Crippen MR) is 85.1 cm³/mol. The topological polar surface area (TPSA) is 46.3 Å². The lowest BCUT2D eigenvalue weighted by atomic mass is 10.1. The number of halogens is 2. The van der Waals surface area contributed by atoms with Gasteiger partial charge in [-0.3, -0.25) is 4.79 Å². The molecular formula is C15H14ClFN2OS. The van der Waals surface area contributed by atoms with Crippen molar-refractivity contribution in [1.29, 1.82) is 0 Å². The molecule has 2 rings (SSSR count). The van der Waals surface area contributed by atoms with Crippen molar-refractivity contribution < 1.29 is 9.18 Å². The number of nitrogens with two attached hydrogens (primary N) is 1. The number of rotatable bonds is 5. The van der Waals surface area contributed by atoms with Crippen molar-refractivity contribution in [3.05, 3.63) is 63.6 Å². The summed E-state index contributed by atoms with van der Waals surface area (Å²) >= 11 is 7.26. The van der Waals surface area contributed by atoms with E-state index in [1.807, 2.05) is 6.07 Å². The van der Waals surface area contributed by atoms with E-state index in [0.717, 1.165) is 4.88 Å². The Bertz CT molecular complexity index is 671. The molecule has 2 aromatic rings. The van der Waals surface area contributed by atoms with Gasteiger partial charge in [0, 0.05) is 17.1 Å². The van der Waals surface area contributed by atoms with Gasteiger partial charge in [0.25, 0.3) is 5.91 Å². The molecule has 0 bridgehead atoms. The van der Waals surface area contributed by atoms with Crippen LogP contribution in [0.5, 0.6) is 0 Å². The molecule has 0 radical (unpaired) electrons. The number of carbonyl (C=O) groups is 1. The molecule has 2 N–H and O–H groups in total. The van der Waals surface area contributed by atoms with Crippen molar-refractivity contribution in [2.45, 2.75) is 6.54 Å². The van der Waals surface area contributed by atoms with Crippen molar-refractivity contribution in [2.75, 3.05) is 12.3 Å². The standard InChI is InChI=1S/C15H14ClFN2OS/c1-2-7-19(9-11-4-6-14(16)21-11)15(20)12-8-10(18)3-5-13(12)17/h2-6,8H,1,7,9,18H2. The summed E-state index contributed by atoms with van der Waals surface area (Å²) in [5, 5.41) is 0. The summed E-state index contributed by atoms with van der Waals surface area (Å²) in [4.78, 5) is 14.9. The first-order valence-corrected chi connectivity index (χ1v) is 7.40. The number of anilines is 1. The highest BCUT2D eigenvalue weighted by Gasteiger charge is 2.19. The third-order valence-electron chi connectivity index (χ3n) is 2.83. The van der Waals surface area contributed by atoms with E-state index < -0.39 is 11.7 Å². The molecule has 1 heterocycles. The summed E-state index contributed by atoms with van der Waals surface area (Å²) in [6.45, 7) is 4.28. The third-order valence-corrected chi connectivity index (χ3v) is 4.05. The number of hydrogen-bond acceptors (Lipinski definition) is 3. The largest absolute Gasteiger partial charge is 0.399 e. The fourth-order valence-electron chi connectivity index (χ4n) is 1.88. The van der Waals surface area contributed by atoms with Gasteiger partial charge >= 0.3 is 0 Å². The van der Waals surface area contributed by atoms with Crippen LogP contribution in [0.1, 0.15) is 15.2 Å². The molecule has 0 unspecified atom stereocenters. The first-order chi connectivity index (χ1) is 10.0. The molecule has 0 saturated heterocycles. The van der Waals surface area contributed by atoms with E-state index in [-0.39, 0.29) is 5.56 Å². The third kappa shape index (κ3) is 3.83. The summed E-state index contributed by atoms with van der Waals surface area (Å²) in [6, 6.07) is 7.56. The van der Waals surface area contributed by atoms with Crippen LogP contribution in [0.15, 0.2) is 43.0 Å². The predicted octanol–water partition coefficient (Wildman–Crippen LogP) is 3.95. The van der Waals surface area contributed by atoms with Crippen molar-refractivity contribution in [2.24, 2.45) is 0 Å². The molecule has 0 fully saturated rings. The van der Waals surface area contributed by atoms with Gasteiger partial charge in [-0.1, -0.05) is 17.7 Å². The van der Waals surface area contributed by atoms with Gasteiger partial charge in [-0.2, -0.15) is 0 Å². The van der Waals surface area contributed by atoms with Crippen LogP contribution < -0.4 is 5.73 Å². The zero-order valence-electron chi connectivity index (χ0n) is 11.2. The molecule has 110 valence electrons. The van der Waals surface area contributed by atoms with Crippen LogP contribution in [0.25, 0.3) is 0 Å². The summed E-state index contributed by atoms with van der Waals surface area (Å²) in [7, 11) is 0. The fraction of sp³-hybridized carbons (Fsp3) is 0.133. The molecule has 0 saturated carbocycles. The molecular weight excluding hydrogens is 311 g/mol. The van der Waals surface area contributed by atoms with Crippen LogP contribution in [-0.2, 0) is 6.54 Å². The lowest BCUT2D eigenvalue weighted by Crippen LogP contribution is -2.31. The zero-order valence-corrected chi connectivity index (χ0v) is 12.8. The molecule has 0 aliphatic carbocycles. The zero-order chi connectivity index (χ0) is 15.4. The van der Waals surface area contributed by atoms with Gasteiger partial charge in [-0.25, -0.2) is 4.39 Å². The highest BCUT2D eigenvalue weighted by Crippen LogP contribution is 2.24. The molecule has 1 aromatic carbocycles. The van der Waals surface area contributed by atoms with E-state index in [1.165, 1.54) is 34.4 Å². The fourth-order valence-corrected chi connectivity index (χ4v) is 2.98. The van der Waals surface area contributed by atoms with E-state index in [9.17, 15) is 9.18 Å². The molecule has 3 nitrogen and oxygen atoms in total. The van der Waals surface area contributed by atoms with Gasteiger partial charge in [0.2, 0.25) is 0 Å². The summed E-state index contributed by atoms with van der Waals surface area (Å²) in [5.41, 5.74) is 5.93. The molecule has 6 heteroatoms. The molecule has 1 aromatic heterocycles. The Labute approximate surface area is 131 Å². The van der Waals surface area contributed by atoms with E-state index in [4.69, 9.17) is 17.3 Å². The van der Waals surface area contributed by atoms with Gasteiger partial charge in [-0.05, 0) is 30.3 Å². The van der Waals surface area contributed by atoms with Crippen LogP contribution in [0.2, 0.25) is 4.34 Å². The van der Waals surface area contributed by atoms with Gasteiger partial charge in [0.1, 0.15) is 5.82 Å². The number of nitrogen functional groups attached to an aromatic ring is 1. The maximum Gasteiger partial charge on any atom is 0.257 e. The first kappa shape index (κ1) is 15.5. The van der Waals surface area contributed by atoms with Crippen molar-refractivity contribution in [1.82, 2.24) is 4.90 Å². The minimum Gasteiger partial charge on any atom is -0.399 e. The quantitative estimate of drug-likeness (QED) is 0.668. The van der Waals surface area contributed by atoms with Gasteiger partial charge < -0.3 is 10.6 Å². The second-order valence-corrected chi connectivity index (χ2v) is 6.22. The van der Waals surface area contributed by atoms with Crippen LogP contribution in [0.4, 0.5) is 10.1 Å². The van der Waals surface area contributed by atoms with E-state index in [0.29, 0.717) is 23.1 Å². The average Bonchev–Trinajstić information content (AvgIpc) is 2.86. The Morgan fingerprint density at radius 1 is 1.43 bits per heavy atom. The lowest BCUT2D eigenvalue weighted by molar-refractivity contribution is 0.0759. The van der Waals surface area contributed by atoms with Crippen molar-refractivity contribution >= 4 is 34.5 Å². The van der Waals surface area contributed by atoms with E-state index in [2.05, 4.69) is 6.58 Å². The number of benzene rings is 1. The van der Waals surface area contributed by atoms with Crippen molar-refractivity contribution in [3.63, 3.8) is 0 Å². The van der Waals surface area contributed by atoms with Crippen molar-refractivity contribution in [3.8, 4) is 0 Å². The Kier molecular flexibility index (Phi) is 4.98. The normalized spacial score (nSPS) is 10.4. The molecule has 0 spiro atoms. The SMILES string of the molecule is C=CCN(Cc1ccc(Cl)s1)C(=O)c1cc(N)ccc1F. The first-order valence-electron chi connectivity index (χ1n) is 6.20. The van der Waals surface area contributed by atoms with Crippen LogP contribution in [0.3, 0.4) is 0 Å². The second kappa shape index (κ2) is 6.74. The number of hydrogen-bond donors (Lipinski definition) is 1. The van der Waals surface area contributed by atoms with Crippen LogP contribution in [-0.4, -0.2) is 17.4 Å². The van der Waals surface area contributed by atoms with Gasteiger partial charge in [0.05, 0.1) is 16.4 Å². The lowest BCUT2D eigenvalue weighted by Gasteiger charge is -2.21. The number of thiophene rings is 1. The summed E-state index contributed by atoms with van der Waals surface area (Å²) < 4.78 is 14.5. The molecule has 0 aliphatic rings. The van der Waals surface area contributed by atoms with Gasteiger partial charge in [-0.15, -0.1) is 17.9 Å².